The van der Waals surface area contributed by atoms with Crippen LogP contribution in [0.15, 0.2) is 63.7 Å². The zero-order chi connectivity index (χ0) is 21.3. The third kappa shape index (κ3) is 4.15. The number of aromatic nitrogens is 1. The Labute approximate surface area is 188 Å². The molecule has 0 aliphatic carbocycles. The summed E-state index contributed by atoms with van der Waals surface area (Å²) in [6.45, 7) is 0.145. The number of carbonyl (C=O) groups excluding carboxylic acids is 2. The van der Waals surface area contributed by atoms with E-state index in [1.165, 1.54) is 6.20 Å². The van der Waals surface area contributed by atoms with Crippen LogP contribution in [0, 0.1) is 0 Å². The highest BCUT2D eigenvalue weighted by Crippen LogP contribution is 2.36. The van der Waals surface area contributed by atoms with E-state index in [1.54, 1.807) is 24.3 Å². The molecule has 0 unspecified atom stereocenters. The van der Waals surface area contributed by atoms with Gasteiger partial charge in [-0.3, -0.25) is 4.79 Å². The summed E-state index contributed by atoms with van der Waals surface area (Å²) in [5.41, 5.74) is 2.68. The smallest absolute Gasteiger partial charge is 0.340 e. The molecule has 150 valence electrons. The third-order valence-corrected chi connectivity index (χ3v) is 5.66. The minimum atomic E-state index is -0.525. The molecule has 0 saturated carbocycles. The van der Waals surface area contributed by atoms with Gasteiger partial charge >= 0.3 is 5.97 Å². The number of nitrogens with zero attached hydrogens (tertiary/aromatic N) is 1. The molecule has 2 aromatic carbocycles. The summed E-state index contributed by atoms with van der Waals surface area (Å²) in [4.78, 5) is 29.1. The van der Waals surface area contributed by atoms with Crippen LogP contribution in [0.3, 0.4) is 0 Å². The van der Waals surface area contributed by atoms with Gasteiger partial charge in [-0.25, -0.2) is 9.78 Å². The Bertz CT molecular complexity index is 1170. The lowest BCUT2D eigenvalue weighted by Gasteiger charge is -2.06. The molecule has 0 fully saturated rings. The number of hydrogen-bond donors (Lipinski definition) is 2. The highest BCUT2D eigenvalue weighted by Gasteiger charge is 2.27. The third-order valence-electron chi connectivity index (χ3n) is 4.45. The Balaban J connectivity index is 1.62. The number of phenols is 1. The summed E-state index contributed by atoms with van der Waals surface area (Å²) in [6.07, 6.45) is 3.04. The molecule has 0 radical (unpaired) electrons. The maximum Gasteiger partial charge on any atom is 0.340 e. The van der Waals surface area contributed by atoms with E-state index >= 15 is 0 Å². The van der Waals surface area contributed by atoms with Crippen molar-refractivity contribution in [2.75, 3.05) is 5.32 Å². The standard InChI is InChI=1S/C22H14Br2N2O4/c23-17-7-13(8-18(24)19(17)27)6-16-15-9-14(10-25-20(15)26-21(16)28)22(29)30-11-12-4-2-1-3-5-12/h1-10,27H,11H2,(H,25,26,28). The van der Waals surface area contributed by atoms with Crippen molar-refractivity contribution < 1.29 is 19.4 Å². The fraction of sp³-hybridized carbons (Fsp3) is 0.0455. The first kappa shape index (κ1) is 20.3. The molecule has 0 saturated heterocycles. The van der Waals surface area contributed by atoms with Crippen molar-refractivity contribution in [2.24, 2.45) is 0 Å². The van der Waals surface area contributed by atoms with Gasteiger partial charge in [0.15, 0.2) is 0 Å². The van der Waals surface area contributed by atoms with Gasteiger partial charge in [0.25, 0.3) is 5.91 Å². The van der Waals surface area contributed by atoms with Gasteiger partial charge in [0.2, 0.25) is 0 Å². The number of anilines is 1. The van der Waals surface area contributed by atoms with E-state index < -0.39 is 5.97 Å². The van der Waals surface area contributed by atoms with E-state index in [0.29, 0.717) is 31.5 Å². The van der Waals surface area contributed by atoms with Crippen LogP contribution in [0.2, 0.25) is 0 Å². The van der Waals surface area contributed by atoms with Crippen LogP contribution in [0.1, 0.15) is 27.0 Å². The Morgan fingerprint density at radius 1 is 1.13 bits per heavy atom. The number of carbonyl (C=O) groups is 2. The molecule has 0 bridgehead atoms. The van der Waals surface area contributed by atoms with Crippen LogP contribution in [-0.4, -0.2) is 22.0 Å². The molecule has 30 heavy (non-hydrogen) atoms. The monoisotopic (exact) mass is 528 g/mol. The van der Waals surface area contributed by atoms with Crippen LogP contribution in [-0.2, 0) is 16.1 Å². The van der Waals surface area contributed by atoms with E-state index in [1.807, 2.05) is 30.3 Å². The number of fused-ring (bicyclic) bond motifs is 1. The summed E-state index contributed by atoms with van der Waals surface area (Å²) in [5.74, 6) is -0.406. The summed E-state index contributed by atoms with van der Waals surface area (Å²) < 4.78 is 6.32. The zero-order valence-corrected chi connectivity index (χ0v) is 18.5. The number of pyridine rings is 1. The second-order valence-corrected chi connectivity index (χ2v) is 8.24. The van der Waals surface area contributed by atoms with Crippen molar-refractivity contribution >= 4 is 61.2 Å². The molecule has 1 amide bonds. The number of halogens is 2. The highest BCUT2D eigenvalue weighted by atomic mass is 79.9. The number of ether oxygens (including phenoxy) is 1. The van der Waals surface area contributed by atoms with E-state index in [4.69, 9.17) is 4.74 Å². The maximum absolute atomic E-state index is 12.5. The van der Waals surface area contributed by atoms with Crippen molar-refractivity contribution in [1.29, 1.82) is 0 Å². The normalized spacial score (nSPS) is 13.8. The lowest BCUT2D eigenvalue weighted by molar-refractivity contribution is -0.110. The second kappa shape index (κ2) is 8.41. The number of nitrogens with one attached hydrogen (secondary N) is 1. The molecule has 6 nitrogen and oxygen atoms in total. The predicted molar refractivity (Wildman–Crippen MR) is 120 cm³/mol. The van der Waals surface area contributed by atoms with Crippen molar-refractivity contribution in [3.8, 4) is 5.75 Å². The minimum Gasteiger partial charge on any atom is -0.506 e. The summed E-state index contributed by atoms with van der Waals surface area (Å²) >= 11 is 6.55. The molecule has 0 atom stereocenters. The molecular formula is C22H14Br2N2O4. The van der Waals surface area contributed by atoms with Gasteiger partial charge in [-0.2, -0.15) is 0 Å². The summed E-state index contributed by atoms with van der Waals surface area (Å²) in [7, 11) is 0. The Kier molecular flexibility index (Phi) is 5.69. The molecule has 2 heterocycles. The van der Waals surface area contributed by atoms with Crippen molar-refractivity contribution in [3.63, 3.8) is 0 Å². The molecular weight excluding hydrogens is 516 g/mol. The van der Waals surface area contributed by atoms with Crippen molar-refractivity contribution in [3.05, 3.63) is 85.9 Å². The van der Waals surface area contributed by atoms with Gasteiger partial charge in [-0.15, -0.1) is 0 Å². The first-order valence-corrected chi connectivity index (χ1v) is 10.4. The lowest BCUT2D eigenvalue weighted by atomic mass is 10.0. The maximum atomic E-state index is 12.5. The highest BCUT2D eigenvalue weighted by molar-refractivity contribution is 9.11. The number of rotatable bonds is 4. The first-order chi connectivity index (χ1) is 14.4. The average Bonchev–Trinajstić information content (AvgIpc) is 3.05. The molecule has 1 aromatic heterocycles. The van der Waals surface area contributed by atoms with E-state index in [9.17, 15) is 14.7 Å². The second-order valence-electron chi connectivity index (χ2n) is 6.53. The number of phenolic OH excluding ortho intramolecular Hbond substituents is 1. The van der Waals surface area contributed by atoms with E-state index in [0.717, 1.165) is 5.56 Å². The lowest BCUT2D eigenvalue weighted by Crippen LogP contribution is -2.06. The molecule has 4 rings (SSSR count). The van der Waals surface area contributed by atoms with E-state index in [-0.39, 0.29) is 23.8 Å². The quantitative estimate of drug-likeness (QED) is 0.360. The van der Waals surface area contributed by atoms with Crippen LogP contribution in [0.5, 0.6) is 5.75 Å². The van der Waals surface area contributed by atoms with Gasteiger partial charge in [0.1, 0.15) is 18.2 Å². The van der Waals surface area contributed by atoms with Crippen LogP contribution in [0.4, 0.5) is 5.82 Å². The fourth-order valence-corrected chi connectivity index (χ4v) is 4.19. The zero-order valence-electron chi connectivity index (χ0n) is 15.4. The van der Waals surface area contributed by atoms with Crippen molar-refractivity contribution in [2.45, 2.75) is 6.61 Å². The van der Waals surface area contributed by atoms with Gasteiger partial charge in [0, 0.05) is 11.8 Å². The topological polar surface area (TPSA) is 88.5 Å². The first-order valence-electron chi connectivity index (χ1n) is 8.85. The molecule has 2 N–H and O–H groups in total. The molecule has 8 heteroatoms. The molecule has 1 aliphatic heterocycles. The number of benzene rings is 2. The predicted octanol–water partition coefficient (Wildman–Crippen LogP) is 5.16. The molecule has 1 aliphatic rings. The number of amides is 1. The van der Waals surface area contributed by atoms with Crippen LogP contribution >= 0.6 is 31.9 Å². The Hall–Kier alpha value is -2.97. The van der Waals surface area contributed by atoms with E-state index in [2.05, 4.69) is 42.2 Å². The van der Waals surface area contributed by atoms with Crippen LogP contribution in [0.25, 0.3) is 11.6 Å². The molecule has 0 spiro atoms. The summed E-state index contributed by atoms with van der Waals surface area (Å²) in [6, 6.07) is 14.3. The van der Waals surface area contributed by atoms with Gasteiger partial charge in [0.05, 0.1) is 20.1 Å². The summed E-state index contributed by atoms with van der Waals surface area (Å²) in [5, 5.41) is 12.6. The van der Waals surface area contributed by atoms with Crippen LogP contribution < -0.4 is 5.32 Å². The number of aromatic hydroxyl groups is 1. The average molecular weight is 530 g/mol. The number of hydrogen-bond acceptors (Lipinski definition) is 5. The van der Waals surface area contributed by atoms with Gasteiger partial charge in [-0.05, 0) is 67.3 Å². The minimum absolute atomic E-state index is 0.0681. The van der Waals surface area contributed by atoms with Crippen molar-refractivity contribution in [1.82, 2.24) is 4.98 Å². The molecule has 3 aromatic rings. The Morgan fingerprint density at radius 3 is 2.53 bits per heavy atom. The Morgan fingerprint density at radius 2 is 1.83 bits per heavy atom. The van der Waals surface area contributed by atoms with Gasteiger partial charge < -0.3 is 15.2 Å². The fourth-order valence-electron chi connectivity index (χ4n) is 2.96. The number of esters is 1. The largest absolute Gasteiger partial charge is 0.506 e. The van der Waals surface area contributed by atoms with Gasteiger partial charge in [-0.1, -0.05) is 30.3 Å². The SMILES string of the molecule is O=C1Nc2ncc(C(=O)OCc3ccccc3)cc2C1=Cc1cc(Br)c(O)c(Br)c1.